The summed E-state index contributed by atoms with van der Waals surface area (Å²) in [5.41, 5.74) is 1.96. The molecule has 0 saturated carbocycles. The molecule has 0 aliphatic carbocycles. The Balaban J connectivity index is 1.47. The van der Waals surface area contributed by atoms with E-state index in [2.05, 4.69) is 0 Å². The SMILES string of the molecule is COc1ccc([C@@H]2[C@@H]3c4ccccc4O[C@@H]3N2S(=O)(=O)c2ccc3ccccc3c2)cc1. The number of hydrogen-bond donors (Lipinski definition) is 0. The van der Waals surface area contributed by atoms with Gasteiger partial charge in [0, 0.05) is 5.56 Å². The van der Waals surface area contributed by atoms with Gasteiger partial charge in [0.1, 0.15) is 11.5 Å². The van der Waals surface area contributed by atoms with E-state index >= 15 is 0 Å². The maximum atomic E-state index is 13.9. The monoisotopic (exact) mass is 443 g/mol. The average Bonchev–Trinajstić information content (AvgIpc) is 3.12. The number of hydrogen-bond acceptors (Lipinski definition) is 4. The zero-order valence-electron chi connectivity index (χ0n) is 17.4. The van der Waals surface area contributed by atoms with Gasteiger partial charge in [-0.3, -0.25) is 0 Å². The highest BCUT2D eigenvalue weighted by Crippen LogP contribution is 2.59. The van der Waals surface area contributed by atoms with E-state index in [1.807, 2.05) is 78.9 Å². The first kappa shape index (κ1) is 19.3. The molecule has 1 fully saturated rings. The molecular formula is C26H21NO4S. The molecule has 0 unspecified atom stereocenters. The van der Waals surface area contributed by atoms with Crippen LogP contribution >= 0.6 is 0 Å². The molecule has 160 valence electrons. The first-order chi connectivity index (χ1) is 15.6. The van der Waals surface area contributed by atoms with Gasteiger partial charge in [0.15, 0.2) is 6.23 Å². The van der Waals surface area contributed by atoms with Gasteiger partial charge in [-0.1, -0.05) is 60.7 Å². The molecule has 0 radical (unpaired) electrons. The Labute approximate surface area is 186 Å². The van der Waals surface area contributed by atoms with Gasteiger partial charge in [-0.15, -0.1) is 0 Å². The Morgan fingerprint density at radius 2 is 1.56 bits per heavy atom. The molecule has 6 rings (SSSR count). The fourth-order valence-corrected chi connectivity index (χ4v) is 6.62. The van der Waals surface area contributed by atoms with Crippen molar-refractivity contribution in [2.24, 2.45) is 0 Å². The molecule has 0 amide bonds. The maximum absolute atomic E-state index is 13.9. The zero-order chi connectivity index (χ0) is 21.9. The molecule has 2 heterocycles. The van der Waals surface area contributed by atoms with E-state index in [4.69, 9.17) is 9.47 Å². The molecule has 0 spiro atoms. The lowest BCUT2D eigenvalue weighted by Gasteiger charge is -2.49. The summed E-state index contributed by atoms with van der Waals surface area (Å²) >= 11 is 0. The molecule has 0 bridgehead atoms. The van der Waals surface area contributed by atoms with E-state index in [0.717, 1.165) is 33.4 Å². The number of methoxy groups -OCH3 is 1. The Kier molecular flexibility index (Phi) is 4.28. The summed E-state index contributed by atoms with van der Waals surface area (Å²) in [4.78, 5) is 0.271. The smallest absolute Gasteiger partial charge is 0.246 e. The van der Waals surface area contributed by atoms with Crippen LogP contribution < -0.4 is 9.47 Å². The molecule has 5 nitrogen and oxygen atoms in total. The predicted molar refractivity (Wildman–Crippen MR) is 122 cm³/mol. The largest absolute Gasteiger partial charge is 0.497 e. The van der Waals surface area contributed by atoms with Gasteiger partial charge in [-0.2, -0.15) is 4.31 Å². The first-order valence-corrected chi connectivity index (χ1v) is 11.9. The molecular weight excluding hydrogens is 422 g/mol. The maximum Gasteiger partial charge on any atom is 0.246 e. The summed E-state index contributed by atoms with van der Waals surface area (Å²) in [5, 5.41) is 1.89. The Hall–Kier alpha value is -3.35. The van der Waals surface area contributed by atoms with Gasteiger partial charge in [0.05, 0.1) is 24.0 Å². The summed E-state index contributed by atoms with van der Waals surface area (Å²) in [6, 6.07) is 28.1. The van der Waals surface area contributed by atoms with Crippen LogP contribution in [0.4, 0.5) is 0 Å². The standard InChI is InChI=1S/C26H21NO4S/c1-30-20-13-10-18(11-14-20)25-24-22-8-4-5-9-23(22)31-26(24)27(25)32(28,29)21-15-12-17-6-2-3-7-19(17)16-21/h2-16,24-26H,1H3/t24-,25+,26-/m0/s1. The highest BCUT2D eigenvalue weighted by Gasteiger charge is 2.61. The Morgan fingerprint density at radius 1 is 0.844 bits per heavy atom. The molecule has 6 heteroatoms. The van der Waals surface area contributed by atoms with Crippen molar-refractivity contribution in [3.63, 3.8) is 0 Å². The highest BCUT2D eigenvalue weighted by molar-refractivity contribution is 7.89. The van der Waals surface area contributed by atoms with Gasteiger partial charge < -0.3 is 9.47 Å². The summed E-state index contributed by atoms with van der Waals surface area (Å²) in [6.07, 6.45) is -0.559. The third kappa shape index (κ3) is 2.76. The summed E-state index contributed by atoms with van der Waals surface area (Å²) in [6.45, 7) is 0. The Bertz CT molecular complexity index is 1430. The topological polar surface area (TPSA) is 55.8 Å². The molecule has 0 aromatic heterocycles. The average molecular weight is 444 g/mol. The molecule has 4 aromatic carbocycles. The highest BCUT2D eigenvalue weighted by atomic mass is 32.2. The normalized spacial score (nSPS) is 22.0. The van der Waals surface area contributed by atoms with Gasteiger partial charge in [0.2, 0.25) is 10.0 Å². The van der Waals surface area contributed by atoms with Crippen LogP contribution in [-0.2, 0) is 10.0 Å². The number of ether oxygens (including phenoxy) is 2. The van der Waals surface area contributed by atoms with E-state index in [-0.39, 0.29) is 16.9 Å². The Morgan fingerprint density at radius 3 is 2.34 bits per heavy atom. The van der Waals surface area contributed by atoms with Crippen molar-refractivity contribution in [3.05, 3.63) is 102 Å². The van der Waals surface area contributed by atoms with Crippen LogP contribution in [0.3, 0.4) is 0 Å². The third-order valence-corrected chi connectivity index (χ3v) is 8.29. The fourth-order valence-electron chi connectivity index (χ4n) is 4.86. The molecule has 32 heavy (non-hydrogen) atoms. The van der Waals surface area contributed by atoms with E-state index in [1.165, 1.54) is 4.31 Å². The fraction of sp³-hybridized carbons (Fsp3) is 0.154. The minimum Gasteiger partial charge on any atom is -0.497 e. The van der Waals surface area contributed by atoms with Crippen LogP contribution in [0, 0.1) is 0 Å². The van der Waals surface area contributed by atoms with Crippen LogP contribution in [-0.4, -0.2) is 26.1 Å². The summed E-state index contributed by atoms with van der Waals surface area (Å²) in [5.74, 6) is 1.42. The van der Waals surface area contributed by atoms with Crippen molar-refractivity contribution in [1.82, 2.24) is 4.31 Å². The quantitative estimate of drug-likeness (QED) is 0.441. The van der Waals surface area contributed by atoms with E-state index in [9.17, 15) is 8.42 Å². The molecule has 2 aliphatic heterocycles. The lowest BCUT2D eigenvalue weighted by molar-refractivity contribution is -0.0430. The van der Waals surface area contributed by atoms with Crippen molar-refractivity contribution in [3.8, 4) is 11.5 Å². The number of sulfonamides is 1. The van der Waals surface area contributed by atoms with Crippen molar-refractivity contribution in [2.45, 2.75) is 23.1 Å². The molecule has 3 atom stereocenters. The predicted octanol–water partition coefficient (Wildman–Crippen LogP) is 5.10. The number of fused-ring (bicyclic) bond motifs is 4. The number of benzene rings is 4. The van der Waals surface area contributed by atoms with Crippen molar-refractivity contribution < 1.29 is 17.9 Å². The van der Waals surface area contributed by atoms with Crippen LogP contribution in [0.25, 0.3) is 10.8 Å². The van der Waals surface area contributed by atoms with Crippen LogP contribution in [0.15, 0.2) is 95.9 Å². The van der Waals surface area contributed by atoms with Crippen molar-refractivity contribution in [1.29, 1.82) is 0 Å². The lowest BCUT2D eigenvalue weighted by atomic mass is 9.80. The zero-order valence-corrected chi connectivity index (χ0v) is 18.2. The third-order valence-electron chi connectivity index (χ3n) is 6.45. The minimum atomic E-state index is -3.80. The van der Waals surface area contributed by atoms with E-state index < -0.39 is 16.3 Å². The van der Waals surface area contributed by atoms with Crippen LogP contribution in [0.1, 0.15) is 23.1 Å². The number of para-hydroxylation sites is 1. The summed E-state index contributed by atoms with van der Waals surface area (Å²) < 4.78 is 40.7. The molecule has 2 aliphatic rings. The number of nitrogens with zero attached hydrogens (tertiary/aromatic N) is 1. The van der Waals surface area contributed by atoms with Gasteiger partial charge >= 0.3 is 0 Å². The summed E-state index contributed by atoms with van der Waals surface area (Å²) in [7, 11) is -2.18. The van der Waals surface area contributed by atoms with Crippen LogP contribution in [0.2, 0.25) is 0 Å². The second-order valence-electron chi connectivity index (χ2n) is 8.13. The van der Waals surface area contributed by atoms with Gasteiger partial charge in [-0.05, 0) is 46.7 Å². The second kappa shape index (κ2) is 7.08. The second-order valence-corrected chi connectivity index (χ2v) is 9.98. The minimum absolute atomic E-state index is 0.0603. The van der Waals surface area contributed by atoms with Crippen molar-refractivity contribution >= 4 is 20.8 Å². The lowest BCUT2D eigenvalue weighted by Crippen LogP contribution is -2.59. The molecule has 1 saturated heterocycles. The molecule has 0 N–H and O–H groups in total. The van der Waals surface area contributed by atoms with Crippen LogP contribution in [0.5, 0.6) is 11.5 Å². The molecule has 4 aromatic rings. The van der Waals surface area contributed by atoms with Crippen molar-refractivity contribution in [2.75, 3.05) is 7.11 Å². The first-order valence-electron chi connectivity index (χ1n) is 10.5. The van der Waals surface area contributed by atoms with Gasteiger partial charge in [0.25, 0.3) is 0 Å². The van der Waals surface area contributed by atoms with Gasteiger partial charge in [-0.25, -0.2) is 8.42 Å². The van der Waals surface area contributed by atoms with E-state index in [1.54, 1.807) is 19.2 Å². The van der Waals surface area contributed by atoms with E-state index in [0.29, 0.717) is 0 Å². The number of rotatable bonds is 4.